The number of hydrogen-bond donors (Lipinski definition) is 1. The molecule has 0 spiro atoms. The molecule has 0 saturated heterocycles. The minimum absolute atomic E-state index is 0.218. The van der Waals surface area contributed by atoms with Gasteiger partial charge in [0.1, 0.15) is 0 Å². The number of benzene rings is 2. The highest BCUT2D eigenvalue weighted by atomic mass is 16.5. The number of nitrogens with one attached hydrogen (secondary N) is 1. The standard InChI is InChI=1S/C16H15NO3/c1-11-6-5-7-13(10-11)16(19)20-15-9-4-3-8-14(15)17-12(2)18/h3-10H,1-2H3,(H,17,18). The summed E-state index contributed by atoms with van der Waals surface area (Å²) in [6.07, 6.45) is 0. The minimum atomic E-state index is -0.452. The van der Waals surface area contributed by atoms with Crippen molar-refractivity contribution in [2.45, 2.75) is 13.8 Å². The predicted octanol–water partition coefficient (Wildman–Crippen LogP) is 3.17. The fourth-order valence-electron chi connectivity index (χ4n) is 1.78. The van der Waals surface area contributed by atoms with E-state index in [-0.39, 0.29) is 5.91 Å². The van der Waals surface area contributed by atoms with Crippen LogP contribution >= 0.6 is 0 Å². The molecule has 102 valence electrons. The molecule has 0 aromatic heterocycles. The Kier molecular flexibility index (Phi) is 4.15. The summed E-state index contributed by atoms with van der Waals surface area (Å²) in [6.45, 7) is 3.31. The van der Waals surface area contributed by atoms with Crippen molar-refractivity contribution in [1.82, 2.24) is 0 Å². The van der Waals surface area contributed by atoms with Crippen LogP contribution in [0.3, 0.4) is 0 Å². The zero-order valence-electron chi connectivity index (χ0n) is 11.3. The van der Waals surface area contributed by atoms with E-state index >= 15 is 0 Å². The number of amides is 1. The first-order chi connectivity index (χ1) is 9.56. The van der Waals surface area contributed by atoms with Gasteiger partial charge in [0, 0.05) is 6.92 Å². The van der Waals surface area contributed by atoms with Gasteiger partial charge in [-0.3, -0.25) is 4.79 Å². The minimum Gasteiger partial charge on any atom is -0.421 e. The molecule has 2 aromatic rings. The third-order valence-corrected chi connectivity index (χ3v) is 2.65. The van der Waals surface area contributed by atoms with Crippen LogP contribution in [0.1, 0.15) is 22.8 Å². The van der Waals surface area contributed by atoms with Crippen molar-refractivity contribution >= 4 is 17.6 Å². The molecule has 0 fully saturated rings. The average molecular weight is 269 g/mol. The highest BCUT2D eigenvalue weighted by Crippen LogP contribution is 2.24. The van der Waals surface area contributed by atoms with E-state index in [1.807, 2.05) is 13.0 Å². The fourth-order valence-corrected chi connectivity index (χ4v) is 1.78. The molecule has 0 bridgehead atoms. The number of aryl methyl sites for hydroxylation is 1. The van der Waals surface area contributed by atoms with Crippen molar-refractivity contribution in [3.8, 4) is 5.75 Å². The Morgan fingerprint density at radius 2 is 1.80 bits per heavy atom. The van der Waals surface area contributed by atoms with Crippen molar-refractivity contribution in [2.75, 3.05) is 5.32 Å². The molecule has 4 nitrogen and oxygen atoms in total. The maximum Gasteiger partial charge on any atom is 0.343 e. The van der Waals surface area contributed by atoms with Crippen LogP contribution in [-0.2, 0) is 4.79 Å². The lowest BCUT2D eigenvalue weighted by atomic mass is 10.1. The van der Waals surface area contributed by atoms with E-state index in [1.165, 1.54) is 6.92 Å². The van der Waals surface area contributed by atoms with Crippen molar-refractivity contribution in [3.63, 3.8) is 0 Å². The van der Waals surface area contributed by atoms with Crippen molar-refractivity contribution in [2.24, 2.45) is 0 Å². The second kappa shape index (κ2) is 6.02. The van der Waals surface area contributed by atoms with Crippen LogP contribution in [0.4, 0.5) is 5.69 Å². The van der Waals surface area contributed by atoms with E-state index in [0.717, 1.165) is 5.56 Å². The molecule has 4 heteroatoms. The lowest BCUT2D eigenvalue weighted by Crippen LogP contribution is -2.12. The summed E-state index contributed by atoms with van der Waals surface area (Å²) in [5.41, 5.74) is 1.93. The molecular weight excluding hydrogens is 254 g/mol. The smallest absolute Gasteiger partial charge is 0.343 e. The Hall–Kier alpha value is -2.62. The highest BCUT2D eigenvalue weighted by molar-refractivity contribution is 5.94. The number of anilines is 1. The fraction of sp³-hybridized carbons (Fsp3) is 0.125. The SMILES string of the molecule is CC(=O)Nc1ccccc1OC(=O)c1cccc(C)c1. The van der Waals surface area contributed by atoms with Crippen LogP contribution in [0.15, 0.2) is 48.5 Å². The van der Waals surface area contributed by atoms with Crippen LogP contribution in [0, 0.1) is 6.92 Å². The normalized spacial score (nSPS) is 9.90. The number of carbonyl (C=O) groups excluding carboxylic acids is 2. The van der Waals surface area contributed by atoms with E-state index in [4.69, 9.17) is 4.74 Å². The molecule has 0 unspecified atom stereocenters. The Morgan fingerprint density at radius 3 is 2.50 bits per heavy atom. The summed E-state index contributed by atoms with van der Waals surface area (Å²) in [7, 11) is 0. The number of carbonyl (C=O) groups is 2. The summed E-state index contributed by atoms with van der Waals surface area (Å²) in [6, 6.07) is 14.0. The van der Waals surface area contributed by atoms with Gasteiger partial charge in [-0.25, -0.2) is 4.79 Å². The van der Waals surface area contributed by atoms with Gasteiger partial charge in [0.15, 0.2) is 5.75 Å². The topological polar surface area (TPSA) is 55.4 Å². The third-order valence-electron chi connectivity index (χ3n) is 2.65. The van der Waals surface area contributed by atoms with Crippen LogP contribution < -0.4 is 10.1 Å². The number of esters is 1. The molecule has 2 aromatic carbocycles. The monoisotopic (exact) mass is 269 g/mol. The Morgan fingerprint density at radius 1 is 1.05 bits per heavy atom. The van der Waals surface area contributed by atoms with Gasteiger partial charge in [-0.05, 0) is 31.2 Å². The first-order valence-electron chi connectivity index (χ1n) is 6.22. The van der Waals surface area contributed by atoms with Crippen LogP contribution in [0.5, 0.6) is 5.75 Å². The third kappa shape index (κ3) is 3.45. The summed E-state index contributed by atoms with van der Waals surface area (Å²) in [4.78, 5) is 23.2. The maximum absolute atomic E-state index is 12.1. The molecule has 20 heavy (non-hydrogen) atoms. The molecular formula is C16H15NO3. The zero-order chi connectivity index (χ0) is 14.5. The van der Waals surface area contributed by atoms with E-state index < -0.39 is 5.97 Å². The number of rotatable bonds is 3. The highest BCUT2D eigenvalue weighted by Gasteiger charge is 2.12. The number of hydrogen-bond acceptors (Lipinski definition) is 3. The summed E-state index contributed by atoms with van der Waals surface area (Å²) in [5, 5.41) is 2.63. The summed E-state index contributed by atoms with van der Waals surface area (Å²) in [5.74, 6) is -0.343. The predicted molar refractivity (Wildman–Crippen MR) is 76.9 cm³/mol. The van der Waals surface area contributed by atoms with Crippen molar-refractivity contribution in [1.29, 1.82) is 0 Å². The van der Waals surface area contributed by atoms with E-state index in [1.54, 1.807) is 42.5 Å². The van der Waals surface area contributed by atoms with E-state index in [9.17, 15) is 9.59 Å². The van der Waals surface area contributed by atoms with E-state index in [0.29, 0.717) is 17.0 Å². The van der Waals surface area contributed by atoms with Gasteiger partial charge >= 0.3 is 5.97 Å². The lowest BCUT2D eigenvalue weighted by molar-refractivity contribution is -0.114. The number of ether oxygens (including phenoxy) is 1. The zero-order valence-corrected chi connectivity index (χ0v) is 11.3. The van der Waals surface area contributed by atoms with E-state index in [2.05, 4.69) is 5.32 Å². The van der Waals surface area contributed by atoms with Crippen molar-refractivity contribution < 1.29 is 14.3 Å². The van der Waals surface area contributed by atoms with Gasteiger partial charge in [0.05, 0.1) is 11.3 Å². The first-order valence-corrected chi connectivity index (χ1v) is 6.22. The van der Waals surface area contributed by atoms with Crippen LogP contribution in [0.2, 0.25) is 0 Å². The molecule has 0 saturated carbocycles. The molecule has 0 aliphatic carbocycles. The first kappa shape index (κ1) is 13.8. The summed E-state index contributed by atoms with van der Waals surface area (Å²) >= 11 is 0. The molecule has 0 aliphatic heterocycles. The maximum atomic E-state index is 12.1. The summed E-state index contributed by atoms with van der Waals surface area (Å²) < 4.78 is 5.33. The molecule has 0 atom stereocenters. The average Bonchev–Trinajstić information content (AvgIpc) is 2.40. The molecule has 0 aliphatic rings. The molecule has 0 radical (unpaired) electrons. The molecule has 1 N–H and O–H groups in total. The van der Waals surface area contributed by atoms with Gasteiger partial charge in [0.2, 0.25) is 5.91 Å². The Balaban J connectivity index is 2.21. The lowest BCUT2D eigenvalue weighted by Gasteiger charge is -2.10. The van der Waals surface area contributed by atoms with Gasteiger partial charge in [-0.2, -0.15) is 0 Å². The molecule has 1 amide bonds. The number of para-hydroxylation sites is 2. The Bertz CT molecular complexity index is 650. The Labute approximate surface area is 117 Å². The van der Waals surface area contributed by atoms with Gasteiger partial charge < -0.3 is 10.1 Å². The second-order valence-corrected chi connectivity index (χ2v) is 4.44. The van der Waals surface area contributed by atoms with Crippen molar-refractivity contribution in [3.05, 3.63) is 59.7 Å². The van der Waals surface area contributed by atoms with Gasteiger partial charge in [-0.15, -0.1) is 0 Å². The van der Waals surface area contributed by atoms with Crippen LogP contribution in [-0.4, -0.2) is 11.9 Å². The largest absolute Gasteiger partial charge is 0.421 e. The second-order valence-electron chi connectivity index (χ2n) is 4.44. The molecule has 0 heterocycles. The van der Waals surface area contributed by atoms with Crippen LogP contribution in [0.25, 0.3) is 0 Å². The van der Waals surface area contributed by atoms with Gasteiger partial charge in [0.25, 0.3) is 0 Å². The molecule has 2 rings (SSSR count). The van der Waals surface area contributed by atoms with Gasteiger partial charge in [-0.1, -0.05) is 29.8 Å². The quantitative estimate of drug-likeness (QED) is 0.687.